The van der Waals surface area contributed by atoms with Crippen LogP contribution >= 0.6 is 0 Å². The number of carbonyl (C=O) groups excluding carboxylic acids is 2. The molecule has 0 aromatic heterocycles. The number of carbonyl (C=O) groups is 2. The number of ketones is 1. The van der Waals surface area contributed by atoms with Gasteiger partial charge in [0.15, 0.2) is 0 Å². The molecular weight excluding hydrogens is 502 g/mol. The summed E-state index contributed by atoms with van der Waals surface area (Å²) >= 11 is 0. The number of quaternary nitrogens is 1. The van der Waals surface area contributed by atoms with Gasteiger partial charge in [-0.2, -0.15) is 0 Å². The molecule has 2 aromatic rings. The number of hydrogen-bond donors (Lipinski definition) is 1. The highest BCUT2D eigenvalue weighted by Gasteiger charge is 2.44. The maximum atomic E-state index is 13.7. The third-order valence-electron chi connectivity index (χ3n) is 7.27. The number of nitrogens with zero attached hydrogens (tertiary/aromatic N) is 2. The molecule has 1 amide bonds. The molecule has 0 bridgehead atoms. The van der Waals surface area contributed by atoms with E-state index in [-0.39, 0.29) is 23.4 Å². The smallest absolute Gasteiger partial charge is 0.295 e. The summed E-state index contributed by atoms with van der Waals surface area (Å²) in [6, 6.07) is 9.75. The van der Waals surface area contributed by atoms with Gasteiger partial charge in [0, 0.05) is 30.7 Å². The van der Waals surface area contributed by atoms with Crippen LogP contribution in [0.5, 0.6) is 5.75 Å². The number of ether oxygens (including phenoxy) is 2. The van der Waals surface area contributed by atoms with Crippen molar-refractivity contribution in [1.29, 1.82) is 0 Å². The molecule has 2 aliphatic rings. The summed E-state index contributed by atoms with van der Waals surface area (Å²) in [5.74, 6) is -1.42. The first-order valence-electron chi connectivity index (χ1n) is 13.5. The van der Waals surface area contributed by atoms with Gasteiger partial charge in [0.1, 0.15) is 18.8 Å². The first-order chi connectivity index (χ1) is 18.8. The fourth-order valence-corrected chi connectivity index (χ4v) is 5.07. The normalized spacial score (nSPS) is 19.4. The van der Waals surface area contributed by atoms with Crippen LogP contribution < -0.4 is 14.7 Å². The molecule has 10 nitrogen and oxygen atoms in total. The Kier molecular flexibility index (Phi) is 9.32. The summed E-state index contributed by atoms with van der Waals surface area (Å²) in [5.41, 5.74) is 1.29. The number of non-ortho nitro benzene ring substituents is 1. The lowest BCUT2D eigenvalue weighted by molar-refractivity contribution is -0.908. The van der Waals surface area contributed by atoms with Gasteiger partial charge in [-0.25, -0.2) is 0 Å². The fraction of sp³-hybridized carbons (Fsp3) is 0.448. The number of unbranched alkanes of at least 4 members (excludes halogenated alkanes) is 1. The van der Waals surface area contributed by atoms with Crippen molar-refractivity contribution in [2.75, 3.05) is 46.0 Å². The zero-order valence-electron chi connectivity index (χ0n) is 22.4. The third kappa shape index (κ3) is 6.46. The minimum Gasteiger partial charge on any atom is -0.872 e. The van der Waals surface area contributed by atoms with Gasteiger partial charge in [-0.15, -0.1) is 0 Å². The van der Waals surface area contributed by atoms with Crippen LogP contribution in [0.3, 0.4) is 0 Å². The topological polar surface area (TPSA) is 126 Å². The van der Waals surface area contributed by atoms with Gasteiger partial charge < -0.3 is 24.4 Å². The Bertz CT molecular complexity index is 1240. The molecule has 2 saturated heterocycles. The first kappa shape index (κ1) is 28.3. The van der Waals surface area contributed by atoms with E-state index < -0.39 is 28.4 Å². The van der Waals surface area contributed by atoms with Crippen LogP contribution in [0.4, 0.5) is 5.69 Å². The molecule has 4 rings (SSSR count). The standard InChI is InChI=1S/C29H35N3O7/c1-3-4-16-39-24-11-8-22(19-20(24)2)27(33)25-26(21-6-9-23(10-7-21)32(36)37)31(29(35)28(25)34)13-5-12-30-14-17-38-18-15-30/h6-11,19,26,33H,3-5,12-18H2,1-2H3/b27-25+. The Hall–Kier alpha value is -3.76. The highest BCUT2D eigenvalue weighted by Crippen LogP contribution is 2.39. The summed E-state index contributed by atoms with van der Waals surface area (Å²) in [6.45, 7) is 8.71. The van der Waals surface area contributed by atoms with Gasteiger partial charge in [-0.3, -0.25) is 19.7 Å². The molecule has 2 aliphatic heterocycles. The lowest BCUT2D eigenvalue weighted by Gasteiger charge is -2.29. The number of Topliss-reactive ketones (excluding diaryl/α,β-unsaturated/α-hetero) is 1. The van der Waals surface area contributed by atoms with E-state index in [2.05, 4.69) is 6.92 Å². The van der Waals surface area contributed by atoms with Crippen LogP contribution in [-0.2, 0) is 14.3 Å². The fourth-order valence-electron chi connectivity index (χ4n) is 5.07. The Morgan fingerprint density at radius 3 is 2.49 bits per heavy atom. The molecule has 1 atom stereocenters. The SMILES string of the molecule is CCCCOc1ccc(/C([O-])=C2\C(=O)C(=O)N(CCC[NH+]3CCOCC3)C2c2ccc([N+](=O)[O-])cc2)cc1C. The Morgan fingerprint density at radius 2 is 1.85 bits per heavy atom. The molecule has 0 spiro atoms. The molecule has 208 valence electrons. The molecular formula is C29H35N3O7. The second-order valence-electron chi connectivity index (χ2n) is 9.97. The van der Waals surface area contributed by atoms with E-state index in [0.29, 0.717) is 37.6 Å². The van der Waals surface area contributed by atoms with Crippen molar-refractivity contribution in [1.82, 2.24) is 4.90 Å². The number of benzene rings is 2. The van der Waals surface area contributed by atoms with E-state index in [4.69, 9.17) is 9.47 Å². The molecule has 0 radical (unpaired) electrons. The predicted molar refractivity (Wildman–Crippen MR) is 142 cm³/mol. The highest BCUT2D eigenvalue weighted by molar-refractivity contribution is 6.46. The van der Waals surface area contributed by atoms with Crippen molar-refractivity contribution in [3.05, 3.63) is 74.8 Å². The van der Waals surface area contributed by atoms with Gasteiger partial charge in [-0.05, 0) is 54.3 Å². The van der Waals surface area contributed by atoms with E-state index >= 15 is 0 Å². The van der Waals surface area contributed by atoms with Crippen LogP contribution in [0.2, 0.25) is 0 Å². The summed E-state index contributed by atoms with van der Waals surface area (Å²) < 4.78 is 11.2. The maximum Gasteiger partial charge on any atom is 0.295 e. The predicted octanol–water partition coefficient (Wildman–Crippen LogP) is 1.61. The molecule has 0 aliphatic carbocycles. The number of likely N-dealkylation sites (tertiary alicyclic amines) is 1. The zero-order valence-corrected chi connectivity index (χ0v) is 22.4. The minimum atomic E-state index is -0.918. The molecule has 2 aromatic carbocycles. The van der Waals surface area contributed by atoms with Crippen LogP contribution in [0, 0.1) is 17.0 Å². The van der Waals surface area contributed by atoms with Crippen LogP contribution in [0.1, 0.15) is 48.9 Å². The molecule has 1 N–H and O–H groups in total. The summed E-state index contributed by atoms with van der Waals surface area (Å²) in [6.07, 6.45) is 2.55. The first-order valence-corrected chi connectivity index (χ1v) is 13.5. The van der Waals surface area contributed by atoms with Crippen molar-refractivity contribution >= 4 is 23.1 Å². The number of nitrogens with one attached hydrogen (secondary N) is 1. The summed E-state index contributed by atoms with van der Waals surface area (Å²) in [7, 11) is 0. The number of nitro groups is 1. The van der Waals surface area contributed by atoms with Crippen LogP contribution in [0.15, 0.2) is 48.0 Å². The maximum absolute atomic E-state index is 13.7. The molecule has 1 unspecified atom stereocenters. The Morgan fingerprint density at radius 1 is 1.13 bits per heavy atom. The van der Waals surface area contributed by atoms with Crippen molar-refractivity contribution in [2.24, 2.45) is 0 Å². The van der Waals surface area contributed by atoms with Crippen molar-refractivity contribution in [3.63, 3.8) is 0 Å². The quantitative estimate of drug-likeness (QED) is 0.115. The molecule has 39 heavy (non-hydrogen) atoms. The monoisotopic (exact) mass is 537 g/mol. The van der Waals surface area contributed by atoms with Gasteiger partial charge in [-0.1, -0.05) is 25.2 Å². The van der Waals surface area contributed by atoms with E-state index in [1.807, 2.05) is 6.92 Å². The van der Waals surface area contributed by atoms with Crippen LogP contribution in [0.25, 0.3) is 5.76 Å². The number of nitro benzene ring substituents is 1. The number of morpholine rings is 1. The molecule has 2 fully saturated rings. The minimum absolute atomic E-state index is 0.112. The third-order valence-corrected chi connectivity index (χ3v) is 7.27. The van der Waals surface area contributed by atoms with E-state index in [9.17, 15) is 24.8 Å². The number of amides is 1. The lowest BCUT2D eigenvalue weighted by atomic mass is 9.94. The average molecular weight is 538 g/mol. The van der Waals surface area contributed by atoms with Crippen molar-refractivity contribution in [3.8, 4) is 5.75 Å². The zero-order chi connectivity index (χ0) is 27.9. The van der Waals surface area contributed by atoms with Gasteiger partial charge in [0.2, 0.25) is 5.78 Å². The summed E-state index contributed by atoms with van der Waals surface area (Å²) in [4.78, 5) is 40.0. The number of rotatable bonds is 11. The largest absolute Gasteiger partial charge is 0.872 e. The van der Waals surface area contributed by atoms with E-state index in [1.165, 1.54) is 34.1 Å². The second-order valence-corrected chi connectivity index (χ2v) is 9.97. The van der Waals surface area contributed by atoms with E-state index in [0.717, 1.165) is 38.0 Å². The number of aryl methyl sites for hydroxylation is 1. The van der Waals surface area contributed by atoms with Gasteiger partial charge in [0.25, 0.3) is 11.6 Å². The highest BCUT2D eigenvalue weighted by atomic mass is 16.6. The average Bonchev–Trinajstić information content (AvgIpc) is 3.19. The Labute approximate surface area is 228 Å². The van der Waals surface area contributed by atoms with Crippen molar-refractivity contribution < 1.29 is 34.0 Å². The van der Waals surface area contributed by atoms with Gasteiger partial charge >= 0.3 is 0 Å². The second kappa shape index (κ2) is 12.9. The van der Waals surface area contributed by atoms with Crippen LogP contribution in [-0.4, -0.2) is 67.5 Å². The van der Waals surface area contributed by atoms with Crippen molar-refractivity contribution in [2.45, 2.75) is 39.2 Å². The van der Waals surface area contributed by atoms with Gasteiger partial charge in [0.05, 0.1) is 37.3 Å². The molecule has 2 heterocycles. The summed E-state index contributed by atoms with van der Waals surface area (Å²) in [5, 5.41) is 24.9. The molecule has 0 saturated carbocycles. The van der Waals surface area contributed by atoms with E-state index in [1.54, 1.807) is 18.2 Å². The Balaban J connectivity index is 1.66. The number of hydrogen-bond acceptors (Lipinski definition) is 7. The lowest BCUT2D eigenvalue weighted by Crippen LogP contribution is -3.14. The molecule has 10 heteroatoms.